The molecule has 0 saturated carbocycles. The molecule has 2 N–H and O–H groups in total. The van der Waals surface area contributed by atoms with E-state index in [2.05, 4.69) is 0 Å². The SMILES string of the molecule is COc1cc(OC)cc(-c2ccc(S(C)(=O)=O)cc2N)c1. The van der Waals surface area contributed by atoms with E-state index in [0.29, 0.717) is 17.2 Å². The zero-order valence-electron chi connectivity index (χ0n) is 12.1. The van der Waals surface area contributed by atoms with Crippen molar-refractivity contribution in [3.8, 4) is 22.6 Å². The van der Waals surface area contributed by atoms with Gasteiger partial charge in [0.15, 0.2) is 9.84 Å². The second-order valence-corrected chi connectivity index (χ2v) is 6.64. The van der Waals surface area contributed by atoms with Crippen molar-refractivity contribution < 1.29 is 17.9 Å². The number of hydrogen-bond donors (Lipinski definition) is 1. The van der Waals surface area contributed by atoms with Gasteiger partial charge in [-0.25, -0.2) is 8.42 Å². The normalized spacial score (nSPS) is 11.2. The predicted molar refractivity (Wildman–Crippen MR) is 82.5 cm³/mol. The molecule has 0 aliphatic heterocycles. The molecule has 0 aliphatic rings. The minimum absolute atomic E-state index is 0.193. The quantitative estimate of drug-likeness (QED) is 0.877. The lowest BCUT2D eigenvalue weighted by atomic mass is 10.0. The number of sulfone groups is 1. The Morgan fingerprint density at radius 1 is 0.952 bits per heavy atom. The monoisotopic (exact) mass is 307 g/mol. The molecule has 0 aromatic heterocycles. The predicted octanol–water partition coefficient (Wildman–Crippen LogP) is 2.36. The fourth-order valence-electron chi connectivity index (χ4n) is 2.00. The van der Waals surface area contributed by atoms with Crippen molar-refractivity contribution in [2.75, 3.05) is 26.2 Å². The molecule has 0 fully saturated rings. The third-order valence-corrected chi connectivity index (χ3v) is 4.22. The van der Waals surface area contributed by atoms with E-state index in [-0.39, 0.29) is 4.90 Å². The van der Waals surface area contributed by atoms with Crippen molar-refractivity contribution in [3.05, 3.63) is 36.4 Å². The van der Waals surface area contributed by atoms with Gasteiger partial charge in [-0.1, -0.05) is 6.07 Å². The van der Waals surface area contributed by atoms with Crippen LogP contribution in [0, 0.1) is 0 Å². The minimum atomic E-state index is -3.28. The van der Waals surface area contributed by atoms with Crippen LogP contribution >= 0.6 is 0 Å². The van der Waals surface area contributed by atoms with Crippen LogP contribution < -0.4 is 15.2 Å². The van der Waals surface area contributed by atoms with Gasteiger partial charge in [0.05, 0.1) is 19.1 Å². The lowest BCUT2D eigenvalue weighted by Crippen LogP contribution is -2.00. The minimum Gasteiger partial charge on any atom is -0.497 e. The van der Waals surface area contributed by atoms with Crippen molar-refractivity contribution in [3.63, 3.8) is 0 Å². The van der Waals surface area contributed by atoms with Gasteiger partial charge in [-0.05, 0) is 29.8 Å². The third kappa shape index (κ3) is 3.28. The molecule has 0 unspecified atom stereocenters. The van der Waals surface area contributed by atoms with Gasteiger partial charge in [0.25, 0.3) is 0 Å². The van der Waals surface area contributed by atoms with Crippen LogP contribution in [0.3, 0.4) is 0 Å². The molecule has 0 amide bonds. The Morgan fingerprint density at radius 2 is 1.52 bits per heavy atom. The molecular formula is C15H17NO4S. The van der Waals surface area contributed by atoms with Crippen LogP contribution in [-0.2, 0) is 9.84 Å². The van der Waals surface area contributed by atoms with Crippen molar-refractivity contribution in [2.45, 2.75) is 4.90 Å². The fourth-order valence-corrected chi connectivity index (χ4v) is 2.65. The molecule has 0 saturated heterocycles. The van der Waals surface area contributed by atoms with Crippen LogP contribution in [0.5, 0.6) is 11.5 Å². The first kappa shape index (κ1) is 15.2. The maximum atomic E-state index is 11.5. The standard InChI is InChI=1S/C15H17NO4S/c1-19-11-6-10(7-12(8-11)20-2)14-5-4-13(9-15(14)16)21(3,17)18/h4-9H,16H2,1-3H3. The summed E-state index contributed by atoms with van der Waals surface area (Å²) in [6.45, 7) is 0. The maximum absolute atomic E-state index is 11.5. The van der Waals surface area contributed by atoms with Crippen LogP contribution in [0.15, 0.2) is 41.3 Å². The number of methoxy groups -OCH3 is 2. The summed E-state index contributed by atoms with van der Waals surface area (Å²) in [4.78, 5) is 0.193. The Labute approximate surface area is 124 Å². The van der Waals surface area contributed by atoms with Crippen molar-refractivity contribution in [1.29, 1.82) is 0 Å². The summed E-state index contributed by atoms with van der Waals surface area (Å²) in [5.74, 6) is 1.27. The van der Waals surface area contributed by atoms with Crippen LogP contribution in [0.1, 0.15) is 0 Å². The van der Waals surface area contributed by atoms with Crippen molar-refractivity contribution >= 4 is 15.5 Å². The molecule has 0 atom stereocenters. The Morgan fingerprint density at radius 3 is 1.95 bits per heavy atom. The molecule has 0 aliphatic carbocycles. The summed E-state index contributed by atoms with van der Waals surface area (Å²) < 4.78 is 33.5. The highest BCUT2D eigenvalue weighted by Gasteiger charge is 2.12. The molecule has 2 rings (SSSR count). The van der Waals surface area contributed by atoms with E-state index in [4.69, 9.17) is 15.2 Å². The molecule has 0 heterocycles. The third-order valence-electron chi connectivity index (χ3n) is 3.11. The average Bonchev–Trinajstić information content (AvgIpc) is 2.45. The molecule has 6 heteroatoms. The second kappa shape index (κ2) is 5.65. The van der Waals surface area contributed by atoms with Gasteiger partial charge < -0.3 is 15.2 Å². The first-order chi connectivity index (χ1) is 9.85. The van der Waals surface area contributed by atoms with E-state index in [1.165, 1.54) is 12.1 Å². The molecule has 5 nitrogen and oxygen atoms in total. The molecule has 0 radical (unpaired) electrons. The summed E-state index contributed by atoms with van der Waals surface area (Å²) in [6, 6.07) is 10.1. The number of benzene rings is 2. The van der Waals surface area contributed by atoms with Crippen LogP contribution in [0.2, 0.25) is 0 Å². The van der Waals surface area contributed by atoms with E-state index in [1.807, 2.05) is 12.1 Å². The van der Waals surface area contributed by atoms with Gasteiger partial charge in [-0.2, -0.15) is 0 Å². The van der Waals surface area contributed by atoms with E-state index in [9.17, 15) is 8.42 Å². The van der Waals surface area contributed by atoms with Gasteiger partial charge >= 0.3 is 0 Å². The van der Waals surface area contributed by atoms with E-state index < -0.39 is 9.84 Å². The van der Waals surface area contributed by atoms with E-state index in [1.54, 1.807) is 26.4 Å². The van der Waals surface area contributed by atoms with E-state index >= 15 is 0 Å². The van der Waals surface area contributed by atoms with Crippen LogP contribution in [0.4, 0.5) is 5.69 Å². The Hall–Kier alpha value is -2.21. The highest BCUT2D eigenvalue weighted by molar-refractivity contribution is 7.90. The molecule has 112 valence electrons. The lowest BCUT2D eigenvalue weighted by Gasteiger charge is -2.11. The number of anilines is 1. The number of nitrogen functional groups attached to an aromatic ring is 1. The summed E-state index contributed by atoms with van der Waals surface area (Å²) in [6.07, 6.45) is 1.15. The number of hydrogen-bond acceptors (Lipinski definition) is 5. The molecule has 21 heavy (non-hydrogen) atoms. The van der Waals surface area contributed by atoms with Gasteiger partial charge in [0.1, 0.15) is 11.5 Å². The molecule has 0 bridgehead atoms. The summed E-state index contributed by atoms with van der Waals surface area (Å²) >= 11 is 0. The fraction of sp³-hybridized carbons (Fsp3) is 0.200. The number of nitrogens with two attached hydrogens (primary N) is 1. The zero-order valence-corrected chi connectivity index (χ0v) is 12.9. The average molecular weight is 307 g/mol. The summed E-state index contributed by atoms with van der Waals surface area (Å²) in [5, 5.41) is 0. The largest absolute Gasteiger partial charge is 0.497 e. The Kier molecular flexibility index (Phi) is 4.09. The summed E-state index contributed by atoms with van der Waals surface area (Å²) in [7, 11) is -0.151. The lowest BCUT2D eigenvalue weighted by molar-refractivity contribution is 0.394. The first-order valence-corrected chi connectivity index (χ1v) is 8.07. The van der Waals surface area contributed by atoms with Gasteiger partial charge in [-0.15, -0.1) is 0 Å². The number of ether oxygens (including phenoxy) is 2. The molecule has 2 aromatic rings. The second-order valence-electron chi connectivity index (χ2n) is 4.62. The smallest absolute Gasteiger partial charge is 0.175 e. The van der Waals surface area contributed by atoms with Crippen LogP contribution in [-0.4, -0.2) is 28.9 Å². The van der Waals surface area contributed by atoms with Crippen molar-refractivity contribution in [1.82, 2.24) is 0 Å². The summed E-state index contributed by atoms with van der Waals surface area (Å²) in [5.41, 5.74) is 7.89. The maximum Gasteiger partial charge on any atom is 0.175 e. The Bertz CT molecular complexity index is 747. The topological polar surface area (TPSA) is 78.6 Å². The Balaban J connectivity index is 2.57. The zero-order chi connectivity index (χ0) is 15.6. The highest BCUT2D eigenvalue weighted by Crippen LogP contribution is 2.33. The van der Waals surface area contributed by atoms with E-state index in [0.717, 1.165) is 17.4 Å². The van der Waals surface area contributed by atoms with Crippen LogP contribution in [0.25, 0.3) is 11.1 Å². The van der Waals surface area contributed by atoms with Gasteiger partial charge in [0, 0.05) is 23.6 Å². The van der Waals surface area contributed by atoms with Gasteiger partial charge in [-0.3, -0.25) is 0 Å². The number of rotatable bonds is 4. The molecule has 0 spiro atoms. The van der Waals surface area contributed by atoms with Crippen molar-refractivity contribution in [2.24, 2.45) is 0 Å². The molecule has 2 aromatic carbocycles. The van der Waals surface area contributed by atoms with Gasteiger partial charge in [0.2, 0.25) is 0 Å². The highest BCUT2D eigenvalue weighted by atomic mass is 32.2. The molecular weight excluding hydrogens is 290 g/mol. The first-order valence-electron chi connectivity index (χ1n) is 6.18.